The molecule has 0 aliphatic carbocycles. The fourth-order valence-corrected chi connectivity index (χ4v) is 1.71. The van der Waals surface area contributed by atoms with Gasteiger partial charge in [0.1, 0.15) is 0 Å². The Balaban J connectivity index is 2.22. The Morgan fingerprint density at radius 1 is 1.37 bits per heavy atom. The molecule has 3 nitrogen and oxygen atoms in total. The summed E-state index contributed by atoms with van der Waals surface area (Å²) in [5, 5.41) is 12.4. The second kappa shape index (κ2) is 4.76. The monoisotopic (exact) mass is 265 g/mol. The molecule has 6 heteroatoms. The van der Waals surface area contributed by atoms with Gasteiger partial charge in [-0.05, 0) is 30.2 Å². The molecule has 19 heavy (non-hydrogen) atoms. The van der Waals surface area contributed by atoms with E-state index in [2.05, 4.69) is 5.10 Å². The molecule has 0 saturated heterocycles. The Bertz CT molecular complexity index is 635. The molecular weight excluding hydrogens is 255 g/mol. The maximum atomic E-state index is 12.4. The minimum atomic E-state index is -4.38. The van der Waals surface area contributed by atoms with Crippen LogP contribution in [0, 0.1) is 18.3 Å². The Labute approximate surface area is 107 Å². The van der Waals surface area contributed by atoms with Crippen molar-refractivity contribution in [3.8, 4) is 6.07 Å². The second-order valence-electron chi connectivity index (χ2n) is 4.18. The molecule has 98 valence electrons. The van der Waals surface area contributed by atoms with Gasteiger partial charge in [0.05, 0.1) is 29.9 Å². The van der Waals surface area contributed by atoms with Crippen LogP contribution in [0.5, 0.6) is 0 Å². The van der Waals surface area contributed by atoms with Crippen LogP contribution in [0.2, 0.25) is 0 Å². The van der Waals surface area contributed by atoms with E-state index in [9.17, 15) is 13.2 Å². The highest BCUT2D eigenvalue weighted by Crippen LogP contribution is 2.28. The van der Waals surface area contributed by atoms with Crippen LogP contribution < -0.4 is 0 Å². The topological polar surface area (TPSA) is 41.6 Å². The SMILES string of the molecule is Cc1cc(C#N)ccc1Cn1cc(C(F)(F)F)cn1. The highest BCUT2D eigenvalue weighted by molar-refractivity contribution is 5.37. The van der Waals surface area contributed by atoms with Crippen LogP contribution in [0.15, 0.2) is 30.6 Å². The van der Waals surface area contributed by atoms with Crippen molar-refractivity contribution in [2.45, 2.75) is 19.6 Å². The molecule has 2 aromatic rings. The van der Waals surface area contributed by atoms with E-state index in [4.69, 9.17) is 5.26 Å². The first-order valence-electron chi connectivity index (χ1n) is 5.49. The van der Waals surface area contributed by atoms with E-state index >= 15 is 0 Å². The third-order valence-corrected chi connectivity index (χ3v) is 2.76. The van der Waals surface area contributed by atoms with Gasteiger partial charge in [-0.15, -0.1) is 0 Å². The third-order valence-electron chi connectivity index (χ3n) is 2.76. The number of alkyl halides is 3. The van der Waals surface area contributed by atoms with Gasteiger partial charge in [-0.1, -0.05) is 6.07 Å². The van der Waals surface area contributed by atoms with Crippen molar-refractivity contribution < 1.29 is 13.2 Å². The summed E-state index contributed by atoms with van der Waals surface area (Å²) in [5.41, 5.74) is 1.44. The van der Waals surface area contributed by atoms with E-state index in [1.807, 2.05) is 13.0 Å². The van der Waals surface area contributed by atoms with E-state index in [0.717, 1.165) is 23.5 Å². The van der Waals surface area contributed by atoms with Crippen molar-refractivity contribution in [2.75, 3.05) is 0 Å². The van der Waals surface area contributed by atoms with Crippen LogP contribution in [-0.4, -0.2) is 9.78 Å². The molecule has 0 atom stereocenters. The Kier molecular flexibility index (Phi) is 3.30. The Hall–Kier alpha value is -2.29. The maximum Gasteiger partial charge on any atom is 0.419 e. The molecule has 0 spiro atoms. The van der Waals surface area contributed by atoms with Crippen molar-refractivity contribution in [3.05, 3.63) is 52.8 Å². The zero-order valence-corrected chi connectivity index (χ0v) is 10.1. The number of nitriles is 1. The molecule has 1 heterocycles. The molecule has 0 amide bonds. The Morgan fingerprint density at radius 2 is 2.11 bits per heavy atom. The molecule has 2 rings (SSSR count). The largest absolute Gasteiger partial charge is 0.419 e. The molecular formula is C13H10F3N3. The lowest BCUT2D eigenvalue weighted by molar-refractivity contribution is -0.137. The predicted molar refractivity (Wildman–Crippen MR) is 62.2 cm³/mol. The number of hydrogen-bond acceptors (Lipinski definition) is 2. The first-order valence-corrected chi connectivity index (χ1v) is 5.49. The normalized spacial score (nSPS) is 11.3. The third kappa shape index (κ3) is 2.94. The fraction of sp³-hybridized carbons (Fsp3) is 0.231. The summed E-state index contributed by atoms with van der Waals surface area (Å²) in [4.78, 5) is 0. The van der Waals surface area contributed by atoms with Crippen molar-refractivity contribution >= 4 is 0 Å². The molecule has 0 radical (unpaired) electrons. The summed E-state index contributed by atoms with van der Waals surface area (Å²) in [6.07, 6.45) is -2.60. The van der Waals surface area contributed by atoms with Gasteiger partial charge in [0.15, 0.2) is 0 Å². The minimum Gasteiger partial charge on any atom is -0.268 e. The number of aromatic nitrogens is 2. The van der Waals surface area contributed by atoms with E-state index in [1.54, 1.807) is 18.2 Å². The lowest BCUT2D eigenvalue weighted by Crippen LogP contribution is -2.04. The first-order chi connectivity index (χ1) is 8.90. The van der Waals surface area contributed by atoms with Gasteiger partial charge in [-0.2, -0.15) is 23.5 Å². The predicted octanol–water partition coefficient (Wildman–Crippen LogP) is 3.13. The summed E-state index contributed by atoms with van der Waals surface area (Å²) in [6, 6.07) is 7.07. The van der Waals surface area contributed by atoms with E-state index in [-0.39, 0.29) is 6.54 Å². The van der Waals surface area contributed by atoms with Gasteiger partial charge in [0, 0.05) is 6.20 Å². The molecule has 0 N–H and O–H groups in total. The average Bonchev–Trinajstić information content (AvgIpc) is 2.80. The number of nitrogens with zero attached hydrogens (tertiary/aromatic N) is 3. The lowest BCUT2D eigenvalue weighted by atomic mass is 10.1. The summed E-state index contributed by atoms with van der Waals surface area (Å²) >= 11 is 0. The summed E-state index contributed by atoms with van der Waals surface area (Å²) < 4.78 is 38.5. The van der Waals surface area contributed by atoms with Crippen LogP contribution in [0.1, 0.15) is 22.3 Å². The van der Waals surface area contributed by atoms with Gasteiger partial charge >= 0.3 is 6.18 Å². The fourth-order valence-electron chi connectivity index (χ4n) is 1.71. The number of rotatable bonds is 2. The number of halogens is 3. The quantitative estimate of drug-likeness (QED) is 0.837. The van der Waals surface area contributed by atoms with Crippen LogP contribution >= 0.6 is 0 Å². The van der Waals surface area contributed by atoms with Gasteiger partial charge < -0.3 is 0 Å². The lowest BCUT2D eigenvalue weighted by Gasteiger charge is -2.06. The first kappa shape index (κ1) is 13.1. The molecule has 0 bridgehead atoms. The van der Waals surface area contributed by atoms with Crippen molar-refractivity contribution in [1.82, 2.24) is 9.78 Å². The zero-order chi connectivity index (χ0) is 14.0. The number of benzene rings is 1. The molecule has 0 fully saturated rings. The van der Waals surface area contributed by atoms with Crippen LogP contribution in [0.25, 0.3) is 0 Å². The van der Waals surface area contributed by atoms with Crippen LogP contribution in [0.4, 0.5) is 13.2 Å². The van der Waals surface area contributed by atoms with Crippen molar-refractivity contribution in [3.63, 3.8) is 0 Å². The van der Waals surface area contributed by atoms with Crippen LogP contribution in [0.3, 0.4) is 0 Å². The van der Waals surface area contributed by atoms with E-state index in [1.165, 1.54) is 4.68 Å². The number of hydrogen-bond donors (Lipinski definition) is 0. The minimum absolute atomic E-state index is 0.244. The van der Waals surface area contributed by atoms with Gasteiger partial charge in [0.2, 0.25) is 0 Å². The smallest absolute Gasteiger partial charge is 0.268 e. The molecule has 1 aromatic carbocycles. The Morgan fingerprint density at radius 3 is 2.63 bits per heavy atom. The molecule has 0 unspecified atom stereocenters. The molecule has 1 aromatic heterocycles. The van der Waals surface area contributed by atoms with Gasteiger partial charge in [0.25, 0.3) is 0 Å². The maximum absolute atomic E-state index is 12.4. The van der Waals surface area contributed by atoms with E-state index in [0.29, 0.717) is 5.56 Å². The standard InChI is InChI=1S/C13H10F3N3/c1-9-4-10(5-17)2-3-11(9)7-19-8-12(6-18-19)13(14,15)16/h2-4,6,8H,7H2,1H3. The summed E-state index contributed by atoms with van der Waals surface area (Å²) in [5.74, 6) is 0. The second-order valence-corrected chi connectivity index (χ2v) is 4.18. The van der Waals surface area contributed by atoms with Crippen molar-refractivity contribution in [1.29, 1.82) is 5.26 Å². The molecule has 0 saturated carbocycles. The van der Waals surface area contributed by atoms with Gasteiger partial charge in [-0.3, -0.25) is 4.68 Å². The summed E-state index contributed by atoms with van der Waals surface area (Å²) in [6.45, 7) is 2.05. The molecule has 0 aliphatic rings. The van der Waals surface area contributed by atoms with Crippen LogP contribution in [-0.2, 0) is 12.7 Å². The summed E-state index contributed by atoms with van der Waals surface area (Å²) in [7, 11) is 0. The zero-order valence-electron chi connectivity index (χ0n) is 10.1. The van der Waals surface area contributed by atoms with E-state index < -0.39 is 11.7 Å². The highest BCUT2D eigenvalue weighted by Gasteiger charge is 2.32. The number of aryl methyl sites for hydroxylation is 1. The highest BCUT2D eigenvalue weighted by atomic mass is 19.4. The van der Waals surface area contributed by atoms with Crippen molar-refractivity contribution in [2.24, 2.45) is 0 Å². The molecule has 0 aliphatic heterocycles. The van der Waals surface area contributed by atoms with Gasteiger partial charge in [-0.25, -0.2) is 0 Å². The average molecular weight is 265 g/mol.